The van der Waals surface area contributed by atoms with E-state index in [1.807, 2.05) is 43.4 Å². The molecule has 2 rings (SSSR count). The van der Waals surface area contributed by atoms with Crippen molar-refractivity contribution in [3.05, 3.63) is 108 Å². The maximum atomic E-state index is 13.4. The van der Waals surface area contributed by atoms with Gasteiger partial charge in [0.05, 0.1) is 11.4 Å². The summed E-state index contributed by atoms with van der Waals surface area (Å²) < 4.78 is 13.4. The Kier molecular flexibility index (Phi) is 7.76. The smallest absolute Gasteiger partial charge is 0.126 e. The second kappa shape index (κ2) is 10.3. The van der Waals surface area contributed by atoms with Crippen molar-refractivity contribution >= 4 is 5.71 Å². The first-order valence-electron chi connectivity index (χ1n) is 9.35. The van der Waals surface area contributed by atoms with E-state index in [-0.39, 0.29) is 5.82 Å². The lowest BCUT2D eigenvalue weighted by Gasteiger charge is -2.20. The van der Waals surface area contributed by atoms with E-state index in [4.69, 9.17) is 0 Å². The van der Waals surface area contributed by atoms with E-state index in [2.05, 4.69) is 35.6 Å². The van der Waals surface area contributed by atoms with Gasteiger partial charge in [-0.25, -0.2) is 4.39 Å². The van der Waals surface area contributed by atoms with Gasteiger partial charge in [-0.15, -0.1) is 0 Å². The van der Waals surface area contributed by atoms with Crippen molar-refractivity contribution in [1.29, 1.82) is 0 Å². The summed E-state index contributed by atoms with van der Waals surface area (Å²) in [6.07, 6.45) is 11.3. The van der Waals surface area contributed by atoms with Gasteiger partial charge in [-0.1, -0.05) is 56.2 Å². The van der Waals surface area contributed by atoms with Crippen LogP contribution in [0.25, 0.3) is 0 Å². The number of allylic oxidation sites excluding steroid dienone is 6. The van der Waals surface area contributed by atoms with Gasteiger partial charge in [0.2, 0.25) is 0 Å². The highest BCUT2D eigenvalue weighted by molar-refractivity contribution is 6.12. The molecular weight excluding hydrogens is 349 g/mol. The van der Waals surface area contributed by atoms with Crippen LogP contribution in [-0.4, -0.2) is 12.3 Å². The normalized spacial score (nSPS) is 14.4. The fourth-order valence-corrected chi connectivity index (χ4v) is 2.88. The number of aryl methyl sites for hydroxylation is 2. The summed E-state index contributed by atoms with van der Waals surface area (Å²) in [4.78, 5) is 0. The van der Waals surface area contributed by atoms with E-state index in [1.165, 1.54) is 6.07 Å². The molecule has 0 saturated heterocycles. The summed E-state index contributed by atoms with van der Waals surface area (Å²) >= 11 is 0. The molecule has 0 amide bonds. The Labute approximate surface area is 167 Å². The van der Waals surface area contributed by atoms with Crippen molar-refractivity contribution in [2.24, 2.45) is 5.10 Å². The van der Waals surface area contributed by atoms with Gasteiger partial charge in [-0.2, -0.15) is 5.10 Å². The molecule has 1 aromatic carbocycles. The maximum absolute atomic E-state index is 13.4. The molecule has 0 spiro atoms. The zero-order valence-corrected chi connectivity index (χ0v) is 16.7. The summed E-state index contributed by atoms with van der Waals surface area (Å²) in [5, 5.41) is 7.71. The second-order valence-electron chi connectivity index (χ2n) is 6.60. The van der Waals surface area contributed by atoms with Crippen molar-refractivity contribution in [2.45, 2.75) is 26.7 Å². The molecule has 3 nitrogen and oxygen atoms in total. The third kappa shape index (κ3) is 5.68. The average Bonchev–Trinajstić information content (AvgIpc) is 2.68. The van der Waals surface area contributed by atoms with Crippen LogP contribution in [0.1, 0.15) is 24.5 Å². The van der Waals surface area contributed by atoms with Gasteiger partial charge in [-0.05, 0) is 50.0 Å². The van der Waals surface area contributed by atoms with E-state index >= 15 is 0 Å². The summed E-state index contributed by atoms with van der Waals surface area (Å²) in [7, 11) is 0. The van der Waals surface area contributed by atoms with Crippen LogP contribution in [0, 0.1) is 12.7 Å². The second-order valence-corrected chi connectivity index (χ2v) is 6.60. The first kappa shape index (κ1) is 21.2. The summed E-state index contributed by atoms with van der Waals surface area (Å²) in [5.41, 5.74) is 8.92. The van der Waals surface area contributed by atoms with Crippen molar-refractivity contribution in [2.75, 3.05) is 6.54 Å². The number of nitrogens with one attached hydrogen (secondary N) is 2. The first-order chi connectivity index (χ1) is 13.5. The SMILES string of the molecule is C=C/C=C(\C=C/C)C1=NNC(=C)C(C(=C)NCCCc2ccc(F)c(C)c2)=C1. The fraction of sp³-hybridized carbons (Fsp3) is 0.208. The Morgan fingerprint density at radius 2 is 2.14 bits per heavy atom. The molecule has 0 aromatic heterocycles. The molecule has 1 aliphatic heterocycles. The maximum Gasteiger partial charge on any atom is 0.126 e. The van der Waals surface area contributed by atoms with Crippen LogP contribution in [0.5, 0.6) is 0 Å². The molecule has 4 heteroatoms. The molecular formula is C24H28FN3. The Balaban J connectivity index is 1.97. The first-order valence-corrected chi connectivity index (χ1v) is 9.35. The molecule has 1 heterocycles. The monoisotopic (exact) mass is 377 g/mol. The largest absolute Gasteiger partial charge is 0.385 e. The van der Waals surface area contributed by atoms with Gasteiger partial charge in [0, 0.05) is 23.4 Å². The number of benzene rings is 1. The minimum atomic E-state index is -0.161. The lowest BCUT2D eigenvalue weighted by Crippen LogP contribution is -2.24. The van der Waals surface area contributed by atoms with Gasteiger partial charge < -0.3 is 5.32 Å². The van der Waals surface area contributed by atoms with Crippen molar-refractivity contribution in [3.63, 3.8) is 0 Å². The van der Waals surface area contributed by atoms with Crippen molar-refractivity contribution < 1.29 is 4.39 Å². The van der Waals surface area contributed by atoms with Crippen LogP contribution >= 0.6 is 0 Å². The van der Waals surface area contributed by atoms with Crippen molar-refractivity contribution in [3.8, 4) is 0 Å². The molecule has 0 radical (unpaired) electrons. The predicted molar refractivity (Wildman–Crippen MR) is 117 cm³/mol. The highest BCUT2D eigenvalue weighted by atomic mass is 19.1. The summed E-state index contributed by atoms with van der Waals surface area (Å²) in [6, 6.07) is 5.26. The minimum absolute atomic E-state index is 0.161. The highest BCUT2D eigenvalue weighted by Gasteiger charge is 2.14. The Morgan fingerprint density at radius 3 is 2.82 bits per heavy atom. The molecule has 0 unspecified atom stereocenters. The van der Waals surface area contributed by atoms with E-state index in [0.29, 0.717) is 11.3 Å². The molecule has 0 fully saturated rings. The number of halogens is 1. The summed E-state index contributed by atoms with van der Waals surface area (Å²) in [6.45, 7) is 16.4. The van der Waals surface area contributed by atoms with Gasteiger partial charge in [0.15, 0.2) is 0 Å². The van der Waals surface area contributed by atoms with E-state index in [0.717, 1.165) is 47.5 Å². The van der Waals surface area contributed by atoms with Gasteiger partial charge in [-0.3, -0.25) is 5.43 Å². The molecule has 0 atom stereocenters. The number of hydrogen-bond donors (Lipinski definition) is 2. The summed E-state index contributed by atoms with van der Waals surface area (Å²) in [5.74, 6) is -0.161. The minimum Gasteiger partial charge on any atom is -0.385 e. The number of hydrogen-bond acceptors (Lipinski definition) is 3. The third-order valence-electron chi connectivity index (χ3n) is 4.38. The highest BCUT2D eigenvalue weighted by Crippen LogP contribution is 2.19. The third-order valence-corrected chi connectivity index (χ3v) is 4.38. The molecule has 0 saturated carbocycles. The quantitative estimate of drug-likeness (QED) is 0.455. The Hall–Kier alpha value is -3.14. The van der Waals surface area contributed by atoms with E-state index in [1.54, 1.807) is 13.0 Å². The fourth-order valence-electron chi connectivity index (χ4n) is 2.88. The molecule has 0 aliphatic carbocycles. The zero-order valence-electron chi connectivity index (χ0n) is 16.7. The van der Waals surface area contributed by atoms with Crippen LogP contribution in [0.15, 0.2) is 96.0 Å². The molecule has 1 aliphatic rings. The van der Waals surface area contributed by atoms with Crippen LogP contribution in [0.4, 0.5) is 4.39 Å². The van der Waals surface area contributed by atoms with Gasteiger partial charge in [0.25, 0.3) is 0 Å². The van der Waals surface area contributed by atoms with Crippen molar-refractivity contribution in [1.82, 2.24) is 10.7 Å². The van der Waals surface area contributed by atoms with Gasteiger partial charge >= 0.3 is 0 Å². The molecule has 1 aromatic rings. The molecule has 28 heavy (non-hydrogen) atoms. The Bertz CT molecular complexity index is 885. The number of hydrazone groups is 1. The lowest BCUT2D eigenvalue weighted by molar-refractivity contribution is 0.617. The lowest BCUT2D eigenvalue weighted by atomic mass is 10.0. The van der Waals surface area contributed by atoms with E-state index < -0.39 is 0 Å². The zero-order chi connectivity index (χ0) is 20.5. The van der Waals surface area contributed by atoms with E-state index in [9.17, 15) is 4.39 Å². The Morgan fingerprint density at radius 1 is 1.36 bits per heavy atom. The van der Waals surface area contributed by atoms with Crippen LogP contribution in [-0.2, 0) is 6.42 Å². The molecule has 0 bridgehead atoms. The van der Waals surface area contributed by atoms with Crippen LogP contribution < -0.4 is 10.7 Å². The van der Waals surface area contributed by atoms with Crippen LogP contribution in [0.2, 0.25) is 0 Å². The molecule has 146 valence electrons. The topological polar surface area (TPSA) is 36.4 Å². The molecule has 2 N–H and O–H groups in total. The predicted octanol–water partition coefficient (Wildman–Crippen LogP) is 5.26. The van der Waals surface area contributed by atoms with Gasteiger partial charge in [0.1, 0.15) is 5.82 Å². The average molecular weight is 378 g/mol. The van der Waals surface area contributed by atoms with Crippen LogP contribution in [0.3, 0.4) is 0 Å². The standard InChI is InChI=1S/C24H28FN3/c1-6-9-21(10-7-2)24-16-22(19(5)27-28-24)18(4)26-14-8-11-20-12-13-23(25)17(3)15-20/h6-7,9-10,12-13,15-16,26-27H,1,4-5,8,11,14H2,2-3H3/b10-7-,21-9+. The number of rotatable bonds is 9. The number of nitrogens with zero attached hydrogens (tertiary/aromatic N) is 1.